The molecule has 1 atom stereocenters. The van der Waals surface area contributed by atoms with E-state index in [1.807, 2.05) is 0 Å². The monoisotopic (exact) mass is 291 g/mol. The summed E-state index contributed by atoms with van der Waals surface area (Å²) in [6.45, 7) is 3.45. The topological polar surface area (TPSA) is 12.0 Å². The molecule has 1 aromatic carbocycles. The van der Waals surface area contributed by atoms with Crippen LogP contribution in [0, 0.1) is 11.6 Å². The molecule has 0 radical (unpaired) electrons. The molecule has 0 saturated carbocycles. The molecule has 0 amide bonds. The fourth-order valence-corrected chi connectivity index (χ4v) is 1.64. The Morgan fingerprint density at radius 2 is 1.88 bits per heavy atom. The first-order valence-corrected chi connectivity index (χ1v) is 6.33. The van der Waals surface area contributed by atoms with Gasteiger partial charge in [-0.15, -0.1) is 0 Å². The molecule has 0 aliphatic carbocycles. The maximum absolute atomic E-state index is 12.8. The van der Waals surface area contributed by atoms with E-state index in [9.17, 15) is 8.78 Å². The lowest BCUT2D eigenvalue weighted by atomic mass is 10.2. The summed E-state index contributed by atoms with van der Waals surface area (Å²) in [5.41, 5.74) is 0.639. The number of benzene rings is 1. The van der Waals surface area contributed by atoms with Crippen molar-refractivity contribution in [1.82, 2.24) is 5.32 Å². The van der Waals surface area contributed by atoms with Crippen molar-refractivity contribution >= 4 is 15.9 Å². The minimum atomic E-state index is -0.524. The highest BCUT2D eigenvalue weighted by atomic mass is 79.9. The van der Waals surface area contributed by atoms with Gasteiger partial charge in [0.05, 0.1) is 0 Å². The summed E-state index contributed by atoms with van der Waals surface area (Å²) >= 11 is 3.53. The van der Waals surface area contributed by atoms with Crippen LogP contribution < -0.4 is 5.32 Å². The van der Waals surface area contributed by atoms with E-state index in [0.717, 1.165) is 25.5 Å². The minimum Gasteiger partial charge on any atom is -0.313 e. The molecule has 0 aromatic heterocycles. The van der Waals surface area contributed by atoms with E-state index in [2.05, 4.69) is 28.2 Å². The molecular weight excluding hydrogens is 276 g/mol. The average Bonchev–Trinajstić information content (AvgIpc) is 2.22. The van der Waals surface area contributed by atoms with Gasteiger partial charge in [0.1, 0.15) is 11.6 Å². The van der Waals surface area contributed by atoms with Crippen molar-refractivity contribution in [2.24, 2.45) is 0 Å². The van der Waals surface area contributed by atoms with Crippen molar-refractivity contribution in [3.8, 4) is 0 Å². The van der Waals surface area contributed by atoms with Crippen LogP contribution in [0.25, 0.3) is 0 Å². The molecule has 0 aliphatic rings. The molecule has 1 unspecified atom stereocenters. The van der Waals surface area contributed by atoms with Gasteiger partial charge >= 0.3 is 0 Å². The quantitative estimate of drug-likeness (QED) is 0.624. The largest absolute Gasteiger partial charge is 0.313 e. The second kappa shape index (κ2) is 6.97. The molecule has 0 fully saturated rings. The summed E-state index contributed by atoms with van der Waals surface area (Å²) in [4.78, 5) is 0.504. The molecule has 0 spiro atoms. The SMILES string of the molecule is CCC(Br)CCNCc1cc(F)cc(F)c1. The van der Waals surface area contributed by atoms with Crippen molar-refractivity contribution < 1.29 is 8.78 Å². The van der Waals surface area contributed by atoms with Gasteiger partial charge in [0.25, 0.3) is 0 Å². The van der Waals surface area contributed by atoms with E-state index in [1.165, 1.54) is 12.1 Å². The fraction of sp³-hybridized carbons (Fsp3) is 0.500. The molecule has 16 heavy (non-hydrogen) atoms. The summed E-state index contributed by atoms with van der Waals surface area (Å²) in [5.74, 6) is -1.05. The second-order valence-corrected chi connectivity index (χ2v) is 5.04. The Labute approximate surface area is 103 Å². The van der Waals surface area contributed by atoms with E-state index in [4.69, 9.17) is 0 Å². The van der Waals surface area contributed by atoms with E-state index in [1.54, 1.807) is 0 Å². The highest BCUT2D eigenvalue weighted by Crippen LogP contribution is 2.09. The molecule has 0 saturated heterocycles. The van der Waals surface area contributed by atoms with Gasteiger partial charge in [-0.1, -0.05) is 22.9 Å². The highest BCUT2D eigenvalue weighted by Gasteiger charge is 2.02. The minimum absolute atomic E-state index is 0.498. The van der Waals surface area contributed by atoms with Crippen molar-refractivity contribution in [1.29, 1.82) is 0 Å². The number of hydrogen-bond acceptors (Lipinski definition) is 1. The zero-order chi connectivity index (χ0) is 12.0. The van der Waals surface area contributed by atoms with Crippen molar-refractivity contribution in [2.45, 2.75) is 31.1 Å². The first kappa shape index (κ1) is 13.6. The third-order valence-electron chi connectivity index (χ3n) is 2.33. The van der Waals surface area contributed by atoms with Crippen LogP contribution in [0.2, 0.25) is 0 Å². The third kappa shape index (κ3) is 5.03. The molecule has 4 heteroatoms. The van der Waals surface area contributed by atoms with Gasteiger partial charge < -0.3 is 5.32 Å². The Morgan fingerprint density at radius 1 is 1.25 bits per heavy atom. The second-order valence-electron chi connectivity index (χ2n) is 3.75. The Bertz CT molecular complexity index is 311. The molecule has 1 rings (SSSR count). The van der Waals surface area contributed by atoms with Crippen LogP contribution in [-0.4, -0.2) is 11.4 Å². The number of alkyl halides is 1. The molecule has 1 nitrogen and oxygen atoms in total. The average molecular weight is 292 g/mol. The predicted molar refractivity (Wildman–Crippen MR) is 65.7 cm³/mol. The molecule has 90 valence electrons. The van der Waals surface area contributed by atoms with Crippen molar-refractivity contribution in [2.75, 3.05) is 6.54 Å². The third-order valence-corrected chi connectivity index (χ3v) is 3.43. The van der Waals surface area contributed by atoms with Crippen LogP contribution >= 0.6 is 15.9 Å². The van der Waals surface area contributed by atoms with Crippen LogP contribution in [0.5, 0.6) is 0 Å². The summed E-state index contributed by atoms with van der Waals surface area (Å²) in [6, 6.07) is 3.58. The first-order valence-electron chi connectivity index (χ1n) is 5.41. The lowest BCUT2D eigenvalue weighted by Gasteiger charge is -2.08. The zero-order valence-corrected chi connectivity index (χ0v) is 10.9. The normalized spacial score (nSPS) is 12.8. The summed E-state index contributed by atoms with van der Waals surface area (Å²) in [7, 11) is 0. The van der Waals surface area contributed by atoms with Crippen LogP contribution in [-0.2, 0) is 6.54 Å². The summed E-state index contributed by atoms with van der Waals surface area (Å²) in [6.07, 6.45) is 2.09. The Kier molecular flexibility index (Phi) is 5.91. The van der Waals surface area contributed by atoms with Gasteiger partial charge in [-0.05, 0) is 37.1 Å². The maximum atomic E-state index is 12.8. The molecule has 0 heterocycles. The van der Waals surface area contributed by atoms with Crippen molar-refractivity contribution in [3.63, 3.8) is 0 Å². The van der Waals surface area contributed by atoms with Crippen LogP contribution in [0.15, 0.2) is 18.2 Å². The van der Waals surface area contributed by atoms with E-state index < -0.39 is 11.6 Å². The Morgan fingerprint density at radius 3 is 2.44 bits per heavy atom. The van der Waals surface area contributed by atoms with E-state index >= 15 is 0 Å². The summed E-state index contributed by atoms with van der Waals surface area (Å²) in [5, 5.41) is 3.16. The number of halogens is 3. The molecule has 0 bridgehead atoms. The maximum Gasteiger partial charge on any atom is 0.126 e. The Hall–Kier alpha value is -0.480. The van der Waals surface area contributed by atoms with Gasteiger partial charge in [0, 0.05) is 17.4 Å². The molecule has 0 aliphatic heterocycles. The van der Waals surface area contributed by atoms with E-state index in [-0.39, 0.29) is 0 Å². The number of rotatable bonds is 6. The van der Waals surface area contributed by atoms with Crippen LogP contribution in [0.4, 0.5) is 8.78 Å². The van der Waals surface area contributed by atoms with Gasteiger partial charge in [0.15, 0.2) is 0 Å². The molecule has 1 aromatic rings. The standard InChI is InChI=1S/C12H16BrF2N/c1-2-10(13)3-4-16-8-9-5-11(14)7-12(15)6-9/h5-7,10,16H,2-4,8H2,1H3. The highest BCUT2D eigenvalue weighted by molar-refractivity contribution is 9.09. The molecular formula is C12H16BrF2N. The number of hydrogen-bond donors (Lipinski definition) is 1. The fourth-order valence-electron chi connectivity index (χ4n) is 1.41. The summed E-state index contributed by atoms with van der Waals surface area (Å²) < 4.78 is 25.7. The lowest BCUT2D eigenvalue weighted by Crippen LogP contribution is -2.17. The zero-order valence-electron chi connectivity index (χ0n) is 9.27. The first-order chi connectivity index (χ1) is 7.61. The van der Waals surface area contributed by atoms with Crippen molar-refractivity contribution in [3.05, 3.63) is 35.4 Å². The Balaban J connectivity index is 2.32. The number of nitrogens with one attached hydrogen (secondary N) is 1. The predicted octanol–water partition coefficient (Wildman–Crippen LogP) is 3.62. The van der Waals surface area contributed by atoms with Gasteiger partial charge in [-0.2, -0.15) is 0 Å². The van der Waals surface area contributed by atoms with Gasteiger partial charge in [-0.3, -0.25) is 0 Å². The lowest BCUT2D eigenvalue weighted by molar-refractivity contribution is 0.572. The molecule has 1 N–H and O–H groups in total. The van der Waals surface area contributed by atoms with Crippen LogP contribution in [0.1, 0.15) is 25.3 Å². The van der Waals surface area contributed by atoms with Gasteiger partial charge in [-0.25, -0.2) is 8.78 Å². The smallest absolute Gasteiger partial charge is 0.126 e. The van der Waals surface area contributed by atoms with Gasteiger partial charge in [0.2, 0.25) is 0 Å². The van der Waals surface area contributed by atoms with E-state index in [0.29, 0.717) is 16.9 Å². The van der Waals surface area contributed by atoms with Crippen LogP contribution in [0.3, 0.4) is 0 Å².